The number of hydrogen-bond acceptors (Lipinski definition) is 6. The minimum absolute atomic E-state index is 0.278. The van der Waals surface area contributed by atoms with Crippen LogP contribution in [0.2, 0.25) is 0 Å². The molecule has 1 aromatic rings. The maximum absolute atomic E-state index is 7.07. The van der Waals surface area contributed by atoms with Gasteiger partial charge in [-0.05, 0) is 19.1 Å². The Morgan fingerprint density at radius 1 is 1.40 bits per heavy atom. The molecule has 0 saturated carbocycles. The summed E-state index contributed by atoms with van der Waals surface area (Å²) in [7, 11) is 0. The number of thioether (sulfide) groups is 2. The van der Waals surface area contributed by atoms with E-state index in [1.165, 1.54) is 0 Å². The summed E-state index contributed by atoms with van der Waals surface area (Å²) >= 11 is 4.99. The molecule has 0 atom stereocenters. The van der Waals surface area contributed by atoms with Gasteiger partial charge in [0.15, 0.2) is 8.68 Å². The third kappa shape index (κ3) is 5.39. The standard InChI is InChI=1S/C8H14N4S3/c1-13-7-11-12-8(15-7)14-5-3-2-4-6(9)10/h2-5H2,1H3,(H3,9,10). The molecule has 1 rings (SSSR count). The second kappa shape index (κ2) is 7.08. The van der Waals surface area contributed by atoms with Crippen LogP contribution in [0, 0.1) is 5.41 Å². The predicted molar refractivity (Wildman–Crippen MR) is 68.2 cm³/mol. The summed E-state index contributed by atoms with van der Waals surface area (Å²) in [5, 5.41) is 15.2. The van der Waals surface area contributed by atoms with Gasteiger partial charge >= 0.3 is 0 Å². The molecule has 0 bridgehead atoms. The van der Waals surface area contributed by atoms with Crippen LogP contribution in [0.15, 0.2) is 8.68 Å². The van der Waals surface area contributed by atoms with Gasteiger partial charge in [-0.2, -0.15) is 0 Å². The molecule has 1 aromatic heterocycles. The molecule has 0 aliphatic heterocycles. The zero-order valence-corrected chi connectivity index (χ0v) is 11.0. The largest absolute Gasteiger partial charge is 0.388 e. The van der Waals surface area contributed by atoms with Crippen LogP contribution < -0.4 is 5.73 Å². The summed E-state index contributed by atoms with van der Waals surface area (Å²) in [6, 6.07) is 0. The van der Waals surface area contributed by atoms with Gasteiger partial charge < -0.3 is 5.73 Å². The molecular formula is C8H14N4S3. The minimum Gasteiger partial charge on any atom is -0.388 e. The van der Waals surface area contributed by atoms with Crippen molar-refractivity contribution in [3.8, 4) is 0 Å². The predicted octanol–water partition coefficient (Wildman–Crippen LogP) is 2.46. The van der Waals surface area contributed by atoms with Gasteiger partial charge in [0.25, 0.3) is 0 Å². The quantitative estimate of drug-likeness (QED) is 0.342. The molecule has 0 spiro atoms. The number of nitrogens with zero attached hydrogens (tertiary/aromatic N) is 2. The van der Waals surface area contributed by atoms with Gasteiger partial charge in [-0.25, -0.2) is 0 Å². The van der Waals surface area contributed by atoms with E-state index in [1.807, 2.05) is 6.26 Å². The highest BCUT2D eigenvalue weighted by molar-refractivity contribution is 8.02. The fourth-order valence-electron chi connectivity index (χ4n) is 0.915. The van der Waals surface area contributed by atoms with Crippen LogP contribution in [0.4, 0.5) is 0 Å². The zero-order chi connectivity index (χ0) is 11.1. The Morgan fingerprint density at radius 3 is 2.73 bits per heavy atom. The van der Waals surface area contributed by atoms with Gasteiger partial charge in [-0.1, -0.05) is 34.9 Å². The fourth-order valence-corrected chi connectivity index (χ4v) is 3.42. The van der Waals surface area contributed by atoms with Crippen molar-refractivity contribution in [1.29, 1.82) is 5.41 Å². The maximum Gasteiger partial charge on any atom is 0.175 e. The first-order chi connectivity index (χ1) is 7.22. The molecule has 0 saturated heterocycles. The van der Waals surface area contributed by atoms with Crippen LogP contribution in [0.5, 0.6) is 0 Å². The first-order valence-corrected chi connectivity index (χ1v) is 7.58. The van der Waals surface area contributed by atoms with Crippen LogP contribution in [-0.2, 0) is 0 Å². The number of nitrogens with one attached hydrogen (secondary N) is 1. The number of amidine groups is 1. The summed E-state index contributed by atoms with van der Waals surface area (Å²) in [6.07, 6.45) is 4.75. The highest BCUT2D eigenvalue weighted by Gasteiger charge is 2.02. The van der Waals surface area contributed by atoms with Gasteiger partial charge in [0.2, 0.25) is 0 Å². The molecule has 3 N–H and O–H groups in total. The second-order valence-corrected chi connectivity index (χ2v) is 6.24. The first kappa shape index (κ1) is 12.8. The molecule has 15 heavy (non-hydrogen) atoms. The lowest BCUT2D eigenvalue weighted by Gasteiger charge is -1.97. The van der Waals surface area contributed by atoms with Crippen LogP contribution in [0.3, 0.4) is 0 Å². The lowest BCUT2D eigenvalue weighted by Crippen LogP contribution is -2.08. The van der Waals surface area contributed by atoms with Gasteiger partial charge in [0, 0.05) is 12.2 Å². The van der Waals surface area contributed by atoms with E-state index in [1.54, 1.807) is 34.9 Å². The van der Waals surface area contributed by atoms with Crippen LogP contribution in [-0.4, -0.2) is 28.0 Å². The molecule has 0 radical (unpaired) electrons. The molecule has 7 heteroatoms. The monoisotopic (exact) mass is 262 g/mol. The van der Waals surface area contributed by atoms with E-state index in [4.69, 9.17) is 11.1 Å². The van der Waals surface area contributed by atoms with Crippen molar-refractivity contribution < 1.29 is 0 Å². The van der Waals surface area contributed by atoms with Crippen molar-refractivity contribution in [3.05, 3.63) is 0 Å². The summed E-state index contributed by atoms with van der Waals surface area (Å²) in [6.45, 7) is 0. The first-order valence-electron chi connectivity index (χ1n) is 4.55. The lowest BCUT2D eigenvalue weighted by molar-refractivity contribution is 0.835. The van der Waals surface area contributed by atoms with Crippen molar-refractivity contribution >= 4 is 40.7 Å². The topological polar surface area (TPSA) is 75.7 Å². The van der Waals surface area contributed by atoms with Crippen LogP contribution in [0.25, 0.3) is 0 Å². The smallest absolute Gasteiger partial charge is 0.175 e. The molecule has 0 amide bonds. The van der Waals surface area contributed by atoms with E-state index in [2.05, 4.69) is 10.2 Å². The van der Waals surface area contributed by atoms with Crippen molar-refractivity contribution in [2.75, 3.05) is 12.0 Å². The highest BCUT2D eigenvalue weighted by Crippen LogP contribution is 2.27. The van der Waals surface area contributed by atoms with E-state index in [0.717, 1.165) is 27.3 Å². The Labute approximate surface area is 102 Å². The molecule has 0 unspecified atom stereocenters. The molecule has 84 valence electrons. The SMILES string of the molecule is CSc1nnc(SCCCCC(=N)N)s1. The molecule has 0 aliphatic carbocycles. The Bertz CT molecular complexity index is 313. The van der Waals surface area contributed by atoms with Crippen molar-refractivity contribution in [2.24, 2.45) is 5.73 Å². The third-order valence-electron chi connectivity index (χ3n) is 1.63. The van der Waals surface area contributed by atoms with Gasteiger partial charge in [0.1, 0.15) is 0 Å². The molecule has 1 heterocycles. The van der Waals surface area contributed by atoms with Crippen LogP contribution >= 0.6 is 34.9 Å². The van der Waals surface area contributed by atoms with E-state index >= 15 is 0 Å². The zero-order valence-electron chi connectivity index (χ0n) is 8.52. The van der Waals surface area contributed by atoms with E-state index < -0.39 is 0 Å². The van der Waals surface area contributed by atoms with Crippen molar-refractivity contribution in [2.45, 2.75) is 27.9 Å². The van der Waals surface area contributed by atoms with E-state index in [-0.39, 0.29) is 5.84 Å². The molecule has 4 nitrogen and oxygen atoms in total. The number of aromatic nitrogens is 2. The molecular weight excluding hydrogens is 248 g/mol. The average molecular weight is 262 g/mol. The number of hydrogen-bond donors (Lipinski definition) is 2. The van der Waals surface area contributed by atoms with E-state index in [0.29, 0.717) is 6.42 Å². The van der Waals surface area contributed by atoms with Crippen molar-refractivity contribution in [1.82, 2.24) is 10.2 Å². The van der Waals surface area contributed by atoms with Gasteiger partial charge in [0.05, 0.1) is 5.84 Å². The lowest BCUT2D eigenvalue weighted by atomic mass is 10.2. The van der Waals surface area contributed by atoms with Crippen molar-refractivity contribution in [3.63, 3.8) is 0 Å². The Kier molecular flexibility index (Phi) is 6.04. The van der Waals surface area contributed by atoms with Gasteiger partial charge in [-0.3, -0.25) is 5.41 Å². The van der Waals surface area contributed by atoms with E-state index in [9.17, 15) is 0 Å². The summed E-state index contributed by atoms with van der Waals surface area (Å²) in [5.74, 6) is 1.30. The summed E-state index contributed by atoms with van der Waals surface area (Å²) in [5.41, 5.74) is 5.26. The third-order valence-corrected chi connectivity index (χ3v) is 4.75. The summed E-state index contributed by atoms with van der Waals surface area (Å²) < 4.78 is 2.04. The van der Waals surface area contributed by atoms with Gasteiger partial charge in [-0.15, -0.1) is 10.2 Å². The molecule has 0 fully saturated rings. The minimum atomic E-state index is 0.278. The van der Waals surface area contributed by atoms with Crippen LogP contribution in [0.1, 0.15) is 19.3 Å². The normalized spacial score (nSPS) is 10.5. The molecule has 0 aromatic carbocycles. The fraction of sp³-hybridized carbons (Fsp3) is 0.625. The number of unbranched alkanes of at least 4 members (excludes halogenated alkanes) is 1. The Balaban J connectivity index is 2.12. The summed E-state index contributed by atoms with van der Waals surface area (Å²) in [4.78, 5) is 0. The molecule has 0 aliphatic rings. The highest BCUT2D eigenvalue weighted by atomic mass is 32.2. The number of rotatable bonds is 7. The Morgan fingerprint density at radius 2 is 2.13 bits per heavy atom. The maximum atomic E-state index is 7.07. The average Bonchev–Trinajstić information content (AvgIpc) is 2.65. The number of nitrogens with two attached hydrogens (primary N) is 1. The Hall–Kier alpha value is -0.270. The second-order valence-electron chi connectivity index (χ2n) is 2.87.